The van der Waals surface area contributed by atoms with Crippen LogP contribution in [-0.2, 0) is 5.41 Å². The zero-order valence-electron chi connectivity index (χ0n) is 41.8. The van der Waals surface area contributed by atoms with Crippen molar-refractivity contribution in [1.82, 2.24) is 9.13 Å². The van der Waals surface area contributed by atoms with E-state index in [1.807, 2.05) is 0 Å². The molecular weight excluding hydrogens is 886 g/mol. The second-order valence-corrected chi connectivity index (χ2v) is 23.5. The molecule has 0 saturated heterocycles. The molecule has 0 radical (unpaired) electrons. The summed E-state index contributed by atoms with van der Waals surface area (Å²) < 4.78 is 12.9. The minimum atomic E-state index is -0.116. The van der Waals surface area contributed by atoms with Crippen molar-refractivity contribution in [2.45, 2.75) is 70.3 Å². The van der Waals surface area contributed by atoms with E-state index in [9.17, 15) is 0 Å². The minimum absolute atomic E-state index is 0.0322. The van der Waals surface area contributed by atoms with Gasteiger partial charge in [0.2, 0.25) is 0 Å². The van der Waals surface area contributed by atoms with Crippen molar-refractivity contribution < 1.29 is 4.74 Å². The van der Waals surface area contributed by atoms with Crippen molar-refractivity contribution in [2.24, 2.45) is 17.8 Å². The molecule has 0 atom stereocenters. The highest BCUT2D eigenvalue weighted by atomic mass is 16.5. The molecule has 2 aromatic heterocycles. The number of benzene rings is 9. The number of fused-ring (bicyclic) bond motifs is 10. The van der Waals surface area contributed by atoms with Crippen LogP contribution in [0.4, 0.5) is 11.4 Å². The van der Waals surface area contributed by atoms with E-state index in [1.165, 1.54) is 127 Å². The molecule has 0 unspecified atom stereocenters. The third-order valence-electron chi connectivity index (χ3n) is 18.2. The molecule has 4 aliphatic carbocycles. The van der Waals surface area contributed by atoms with Crippen LogP contribution in [0.1, 0.15) is 64.9 Å². The number of para-hydroxylation sites is 4. The van der Waals surface area contributed by atoms with Crippen LogP contribution in [0.25, 0.3) is 77.2 Å². The number of anilines is 2. The predicted octanol–water partition coefficient (Wildman–Crippen LogP) is 15.6. The van der Waals surface area contributed by atoms with Gasteiger partial charge in [-0.2, -0.15) is 0 Å². The summed E-state index contributed by atoms with van der Waals surface area (Å²) in [6, 6.07) is 73.5. The molecule has 9 aromatic carbocycles. The zero-order valence-corrected chi connectivity index (χ0v) is 41.8. The van der Waals surface area contributed by atoms with Gasteiger partial charge in [0.15, 0.2) is 0 Å². The lowest BCUT2D eigenvalue weighted by molar-refractivity contribution is 0.000631. The quantitative estimate of drug-likeness (QED) is 0.160. The molecule has 2 aliphatic heterocycles. The van der Waals surface area contributed by atoms with Gasteiger partial charge in [-0.1, -0.05) is 160 Å². The summed E-state index contributed by atoms with van der Waals surface area (Å²) >= 11 is 0. The summed E-state index contributed by atoms with van der Waals surface area (Å²) in [6.07, 6.45) is 7.91. The molecule has 11 aromatic rings. The van der Waals surface area contributed by atoms with Crippen LogP contribution in [0, 0.1) is 17.8 Å². The molecule has 4 nitrogen and oxygen atoms in total. The maximum atomic E-state index is 7.90. The lowest BCUT2D eigenvalue weighted by Crippen LogP contribution is -2.66. The molecule has 0 amide bonds. The van der Waals surface area contributed by atoms with E-state index < -0.39 is 0 Å². The van der Waals surface area contributed by atoms with Crippen LogP contribution in [0.5, 0.6) is 11.5 Å². The highest BCUT2D eigenvalue weighted by Crippen LogP contribution is 2.61. The van der Waals surface area contributed by atoms with Crippen LogP contribution < -0.4 is 26.0 Å². The van der Waals surface area contributed by atoms with Crippen LogP contribution in [0.15, 0.2) is 194 Å². The standard InChI is InChI=1S/C68H56BN3O/c1-67(2,3)49-28-25-46(26-29-49)48-35-62-65-64(36-48)73-66-56(69(65)55-34-47(45-15-5-4-6-16-45)27-30-61(55)72(62)68-39-42-31-43(40-68)33-44(32-42)41-68)37-50(70-57-21-11-7-17-51(57)52-18-8-12-22-58(52)70)38-63(66)71-59-23-13-9-19-53(59)54-20-10-14-24-60(54)71/h4-30,34-38,42-44H,31-33,39-41H2,1-3H3. The first-order chi connectivity index (χ1) is 35.7. The minimum Gasteiger partial charge on any atom is -0.456 e. The third kappa shape index (κ3) is 6.09. The molecule has 5 heteroatoms. The Labute approximate surface area is 427 Å². The van der Waals surface area contributed by atoms with Crippen molar-refractivity contribution in [3.63, 3.8) is 0 Å². The number of hydrogen-bond donors (Lipinski definition) is 0. The van der Waals surface area contributed by atoms with Crippen molar-refractivity contribution >= 4 is 78.1 Å². The molecule has 4 saturated carbocycles. The third-order valence-corrected chi connectivity index (χ3v) is 18.2. The van der Waals surface area contributed by atoms with E-state index in [1.54, 1.807) is 0 Å². The summed E-state index contributed by atoms with van der Waals surface area (Å²) in [5, 5.41) is 4.97. The predicted molar refractivity (Wildman–Crippen MR) is 305 cm³/mol. The summed E-state index contributed by atoms with van der Waals surface area (Å²) in [4.78, 5) is 2.92. The Kier molecular flexibility index (Phi) is 8.68. The molecule has 4 fully saturated rings. The van der Waals surface area contributed by atoms with Gasteiger partial charge >= 0.3 is 0 Å². The van der Waals surface area contributed by atoms with Gasteiger partial charge in [0, 0.05) is 44.1 Å². The normalized spacial score (nSPS) is 20.5. The van der Waals surface area contributed by atoms with E-state index in [-0.39, 0.29) is 17.7 Å². The molecule has 4 heterocycles. The Morgan fingerprint density at radius 3 is 1.55 bits per heavy atom. The van der Waals surface area contributed by atoms with Gasteiger partial charge in [-0.15, -0.1) is 0 Å². The number of rotatable bonds is 5. The van der Waals surface area contributed by atoms with Crippen molar-refractivity contribution in [2.75, 3.05) is 4.90 Å². The second-order valence-electron chi connectivity index (χ2n) is 23.5. The average molecular weight is 942 g/mol. The topological polar surface area (TPSA) is 22.3 Å². The molecular formula is C68H56BN3O. The van der Waals surface area contributed by atoms with Gasteiger partial charge in [-0.25, -0.2) is 0 Å². The van der Waals surface area contributed by atoms with E-state index in [0.29, 0.717) is 0 Å². The van der Waals surface area contributed by atoms with Crippen molar-refractivity contribution in [1.29, 1.82) is 0 Å². The lowest BCUT2D eigenvalue weighted by atomic mass is 9.33. The number of nitrogens with zero attached hydrogens (tertiary/aromatic N) is 3. The SMILES string of the molecule is CC(C)(C)c1ccc(-c2cc3c4c(c2)N(C25CC6CC(CC(C6)C2)C5)c2ccc(-c5ccccc5)cc2B4c2cc(-n4c5ccccc5c5ccccc54)cc(-n4c5ccccc5c5ccccc54)c2O3)cc1. The molecule has 6 aliphatic rings. The van der Waals surface area contributed by atoms with Gasteiger partial charge in [0.25, 0.3) is 6.71 Å². The summed E-state index contributed by atoms with van der Waals surface area (Å²) in [7, 11) is 0. The summed E-state index contributed by atoms with van der Waals surface area (Å²) in [5.41, 5.74) is 19.8. The monoisotopic (exact) mass is 941 g/mol. The average Bonchev–Trinajstić information content (AvgIpc) is 3.93. The van der Waals surface area contributed by atoms with E-state index >= 15 is 0 Å². The van der Waals surface area contributed by atoms with Crippen LogP contribution in [-0.4, -0.2) is 21.4 Å². The van der Waals surface area contributed by atoms with Gasteiger partial charge < -0.3 is 18.8 Å². The number of hydrogen-bond acceptors (Lipinski definition) is 2. The fourth-order valence-electron chi connectivity index (χ4n) is 15.5. The highest BCUT2D eigenvalue weighted by Gasteiger charge is 2.57. The molecule has 73 heavy (non-hydrogen) atoms. The molecule has 0 spiro atoms. The summed E-state index contributed by atoms with van der Waals surface area (Å²) in [5.74, 6) is 4.21. The molecule has 0 N–H and O–H groups in total. The van der Waals surface area contributed by atoms with E-state index in [0.717, 1.165) is 51.7 Å². The lowest BCUT2D eigenvalue weighted by Gasteiger charge is -2.62. The largest absolute Gasteiger partial charge is 0.456 e. The molecule has 17 rings (SSSR count). The molecule has 352 valence electrons. The Hall–Kier alpha value is -7.76. The van der Waals surface area contributed by atoms with Crippen molar-refractivity contribution in [3.8, 4) is 45.1 Å². The smallest absolute Gasteiger partial charge is 0.256 e. The number of aromatic nitrogens is 2. The summed E-state index contributed by atoms with van der Waals surface area (Å²) in [6.45, 7) is 6.81. The van der Waals surface area contributed by atoms with Crippen LogP contribution in [0.3, 0.4) is 0 Å². The first kappa shape index (κ1) is 41.8. The van der Waals surface area contributed by atoms with Crippen LogP contribution in [0.2, 0.25) is 0 Å². The number of ether oxygens (including phenoxy) is 1. The van der Waals surface area contributed by atoms with Crippen molar-refractivity contribution in [3.05, 3.63) is 200 Å². The zero-order chi connectivity index (χ0) is 48.3. The second kappa shape index (κ2) is 15.1. The van der Waals surface area contributed by atoms with E-state index in [4.69, 9.17) is 4.74 Å². The molecule has 4 bridgehead atoms. The Morgan fingerprint density at radius 2 is 0.973 bits per heavy atom. The Morgan fingerprint density at radius 1 is 0.452 bits per heavy atom. The first-order valence-electron chi connectivity index (χ1n) is 26.9. The van der Waals surface area contributed by atoms with Gasteiger partial charge in [0.1, 0.15) is 11.5 Å². The highest BCUT2D eigenvalue weighted by molar-refractivity contribution is 6.99. The van der Waals surface area contributed by atoms with E-state index in [2.05, 4.69) is 229 Å². The maximum Gasteiger partial charge on any atom is 0.256 e. The fraction of sp³-hybridized carbons (Fsp3) is 0.206. The van der Waals surface area contributed by atoms with Crippen LogP contribution >= 0.6 is 0 Å². The Balaban J connectivity index is 1.04. The van der Waals surface area contributed by atoms with Gasteiger partial charge in [0.05, 0.1) is 27.8 Å². The maximum absolute atomic E-state index is 7.90. The Bertz CT molecular complexity index is 3960. The van der Waals surface area contributed by atoms with Gasteiger partial charge in [-0.05, 0) is 160 Å². The van der Waals surface area contributed by atoms with Gasteiger partial charge in [-0.3, -0.25) is 0 Å². The fourth-order valence-corrected chi connectivity index (χ4v) is 15.5. The first-order valence-corrected chi connectivity index (χ1v) is 26.9.